The lowest BCUT2D eigenvalue weighted by Crippen LogP contribution is -2.46. The van der Waals surface area contributed by atoms with E-state index in [1.807, 2.05) is 18.4 Å². The zero-order valence-corrected chi connectivity index (χ0v) is 12.9. The highest BCUT2D eigenvalue weighted by atomic mass is 32.2. The standard InChI is InChI=1S/C15H19N5S/c1-21-15-17-13(16)11-14(18-15)20-9-7-19(8-10-20)12-5-3-2-4-6-12/h2-6,11H,7-10H2,1H3,(H2,16,17,18). The van der Waals surface area contributed by atoms with E-state index in [1.165, 1.54) is 17.4 Å². The van der Waals surface area contributed by atoms with E-state index in [0.29, 0.717) is 5.82 Å². The molecule has 0 saturated carbocycles. The lowest BCUT2D eigenvalue weighted by Gasteiger charge is -2.36. The SMILES string of the molecule is CSc1nc(N)cc(N2CCN(c3ccccc3)CC2)n1. The number of para-hydroxylation sites is 1. The Morgan fingerprint density at radius 2 is 1.67 bits per heavy atom. The van der Waals surface area contributed by atoms with Crippen LogP contribution >= 0.6 is 11.8 Å². The first-order valence-corrected chi connectivity index (χ1v) is 8.22. The highest BCUT2D eigenvalue weighted by molar-refractivity contribution is 7.98. The van der Waals surface area contributed by atoms with Gasteiger partial charge in [0.25, 0.3) is 0 Å². The third-order valence-corrected chi connectivity index (χ3v) is 4.17. The molecule has 110 valence electrons. The summed E-state index contributed by atoms with van der Waals surface area (Å²) in [6.07, 6.45) is 1.96. The third-order valence-electron chi connectivity index (χ3n) is 3.62. The van der Waals surface area contributed by atoms with Crippen molar-refractivity contribution in [3.63, 3.8) is 0 Å². The molecule has 1 aromatic carbocycles. The molecule has 21 heavy (non-hydrogen) atoms. The molecule has 0 spiro atoms. The number of thioether (sulfide) groups is 1. The van der Waals surface area contributed by atoms with Gasteiger partial charge in [0.05, 0.1) is 0 Å². The van der Waals surface area contributed by atoms with Gasteiger partial charge in [0.2, 0.25) is 0 Å². The monoisotopic (exact) mass is 301 g/mol. The van der Waals surface area contributed by atoms with Gasteiger partial charge in [-0.1, -0.05) is 30.0 Å². The van der Waals surface area contributed by atoms with Gasteiger partial charge >= 0.3 is 0 Å². The van der Waals surface area contributed by atoms with Crippen molar-refractivity contribution in [1.82, 2.24) is 9.97 Å². The fourth-order valence-corrected chi connectivity index (χ4v) is 2.90. The minimum Gasteiger partial charge on any atom is -0.383 e. The summed E-state index contributed by atoms with van der Waals surface area (Å²) >= 11 is 1.52. The first-order valence-electron chi connectivity index (χ1n) is 7.00. The molecule has 6 heteroatoms. The van der Waals surface area contributed by atoms with Gasteiger partial charge in [0, 0.05) is 37.9 Å². The fraction of sp³-hybridized carbons (Fsp3) is 0.333. The largest absolute Gasteiger partial charge is 0.383 e. The molecule has 0 unspecified atom stereocenters. The molecule has 3 rings (SSSR count). The van der Waals surface area contributed by atoms with Crippen LogP contribution in [0.3, 0.4) is 0 Å². The van der Waals surface area contributed by atoms with Crippen LogP contribution in [-0.4, -0.2) is 42.4 Å². The van der Waals surface area contributed by atoms with E-state index in [0.717, 1.165) is 37.2 Å². The quantitative estimate of drug-likeness (QED) is 0.692. The van der Waals surface area contributed by atoms with Gasteiger partial charge in [0.15, 0.2) is 5.16 Å². The maximum atomic E-state index is 5.86. The van der Waals surface area contributed by atoms with Crippen molar-refractivity contribution in [3.05, 3.63) is 36.4 Å². The van der Waals surface area contributed by atoms with Crippen LogP contribution in [0, 0.1) is 0 Å². The Morgan fingerprint density at radius 1 is 1.00 bits per heavy atom. The van der Waals surface area contributed by atoms with E-state index in [1.54, 1.807) is 0 Å². The Kier molecular flexibility index (Phi) is 4.15. The highest BCUT2D eigenvalue weighted by Crippen LogP contribution is 2.22. The van der Waals surface area contributed by atoms with E-state index < -0.39 is 0 Å². The molecule has 0 atom stereocenters. The summed E-state index contributed by atoms with van der Waals surface area (Å²) in [6, 6.07) is 12.4. The molecule has 1 aliphatic heterocycles. The molecule has 0 radical (unpaired) electrons. The molecule has 0 aliphatic carbocycles. The Balaban J connectivity index is 1.70. The lowest BCUT2D eigenvalue weighted by molar-refractivity contribution is 0.644. The summed E-state index contributed by atoms with van der Waals surface area (Å²) in [7, 11) is 0. The second-order valence-corrected chi connectivity index (χ2v) is 5.72. The summed E-state index contributed by atoms with van der Waals surface area (Å²) in [5.74, 6) is 1.47. The number of nitrogens with two attached hydrogens (primary N) is 1. The van der Waals surface area contributed by atoms with Crippen molar-refractivity contribution in [2.24, 2.45) is 0 Å². The molecule has 0 amide bonds. The first kappa shape index (κ1) is 14.0. The Labute approximate surface area is 129 Å². The number of hydrogen-bond acceptors (Lipinski definition) is 6. The molecule has 2 heterocycles. The van der Waals surface area contributed by atoms with E-state index in [2.05, 4.69) is 44.0 Å². The zero-order chi connectivity index (χ0) is 14.7. The minimum absolute atomic E-state index is 0.537. The molecule has 5 nitrogen and oxygen atoms in total. The number of rotatable bonds is 3. The van der Waals surface area contributed by atoms with Crippen LogP contribution in [0.2, 0.25) is 0 Å². The number of piperazine rings is 1. The number of benzene rings is 1. The molecule has 2 N–H and O–H groups in total. The van der Waals surface area contributed by atoms with Crippen LogP contribution in [0.4, 0.5) is 17.3 Å². The molecule has 2 aromatic rings. The Bertz CT molecular complexity index is 596. The number of hydrogen-bond donors (Lipinski definition) is 1. The van der Waals surface area contributed by atoms with Gasteiger partial charge in [0.1, 0.15) is 11.6 Å². The number of nitrogen functional groups attached to an aromatic ring is 1. The normalized spacial score (nSPS) is 15.3. The zero-order valence-electron chi connectivity index (χ0n) is 12.1. The number of nitrogens with zero attached hydrogens (tertiary/aromatic N) is 4. The third kappa shape index (κ3) is 3.21. The van der Waals surface area contributed by atoms with Gasteiger partial charge in [-0.3, -0.25) is 0 Å². The van der Waals surface area contributed by atoms with Crippen molar-refractivity contribution in [3.8, 4) is 0 Å². The maximum Gasteiger partial charge on any atom is 0.191 e. The van der Waals surface area contributed by atoms with Crippen LogP contribution in [0.5, 0.6) is 0 Å². The summed E-state index contributed by atoms with van der Waals surface area (Å²) in [4.78, 5) is 13.4. The molecular formula is C15H19N5S. The summed E-state index contributed by atoms with van der Waals surface area (Å²) < 4.78 is 0. The van der Waals surface area contributed by atoms with Crippen LogP contribution in [0.1, 0.15) is 0 Å². The summed E-state index contributed by atoms with van der Waals surface area (Å²) in [6.45, 7) is 3.86. The number of anilines is 3. The predicted octanol–water partition coefficient (Wildman–Crippen LogP) is 2.11. The van der Waals surface area contributed by atoms with Gasteiger partial charge in [-0.25, -0.2) is 9.97 Å². The summed E-state index contributed by atoms with van der Waals surface area (Å²) in [5, 5.41) is 0.732. The highest BCUT2D eigenvalue weighted by Gasteiger charge is 2.19. The molecule has 0 bridgehead atoms. The predicted molar refractivity (Wildman–Crippen MR) is 89.1 cm³/mol. The molecule has 1 fully saturated rings. The second-order valence-electron chi connectivity index (χ2n) is 4.95. The van der Waals surface area contributed by atoms with Crippen molar-refractivity contribution >= 4 is 29.1 Å². The van der Waals surface area contributed by atoms with E-state index in [4.69, 9.17) is 5.73 Å². The Hall–Kier alpha value is -1.95. The van der Waals surface area contributed by atoms with Crippen molar-refractivity contribution in [1.29, 1.82) is 0 Å². The average molecular weight is 301 g/mol. The lowest BCUT2D eigenvalue weighted by atomic mass is 10.2. The first-order chi connectivity index (χ1) is 10.3. The molecular weight excluding hydrogens is 282 g/mol. The van der Waals surface area contributed by atoms with Crippen molar-refractivity contribution in [2.45, 2.75) is 5.16 Å². The van der Waals surface area contributed by atoms with Crippen LogP contribution in [-0.2, 0) is 0 Å². The van der Waals surface area contributed by atoms with Crippen LogP contribution in [0.25, 0.3) is 0 Å². The summed E-state index contributed by atoms with van der Waals surface area (Å²) in [5.41, 5.74) is 7.14. The molecule has 1 saturated heterocycles. The van der Waals surface area contributed by atoms with Gasteiger partial charge < -0.3 is 15.5 Å². The van der Waals surface area contributed by atoms with Gasteiger partial charge in [-0.15, -0.1) is 0 Å². The minimum atomic E-state index is 0.537. The molecule has 1 aromatic heterocycles. The van der Waals surface area contributed by atoms with E-state index in [9.17, 15) is 0 Å². The van der Waals surface area contributed by atoms with Gasteiger partial charge in [-0.05, 0) is 18.4 Å². The van der Waals surface area contributed by atoms with Gasteiger partial charge in [-0.2, -0.15) is 0 Å². The fourth-order valence-electron chi connectivity index (χ4n) is 2.52. The second kappa shape index (κ2) is 6.22. The van der Waals surface area contributed by atoms with Crippen molar-refractivity contribution in [2.75, 3.05) is 48.0 Å². The smallest absolute Gasteiger partial charge is 0.191 e. The van der Waals surface area contributed by atoms with Crippen LogP contribution < -0.4 is 15.5 Å². The van der Waals surface area contributed by atoms with E-state index >= 15 is 0 Å². The Morgan fingerprint density at radius 3 is 2.33 bits per heavy atom. The topological polar surface area (TPSA) is 58.3 Å². The molecule has 1 aliphatic rings. The number of aromatic nitrogens is 2. The van der Waals surface area contributed by atoms with E-state index in [-0.39, 0.29) is 0 Å². The maximum absolute atomic E-state index is 5.86. The van der Waals surface area contributed by atoms with Crippen molar-refractivity contribution < 1.29 is 0 Å². The average Bonchev–Trinajstić information content (AvgIpc) is 2.55. The van der Waals surface area contributed by atoms with Crippen LogP contribution in [0.15, 0.2) is 41.6 Å².